The predicted molar refractivity (Wildman–Crippen MR) is 102 cm³/mol. The summed E-state index contributed by atoms with van der Waals surface area (Å²) in [7, 11) is 0. The number of hydrogen-bond donors (Lipinski definition) is 2. The molecule has 0 saturated heterocycles. The van der Waals surface area contributed by atoms with Gasteiger partial charge in [0.25, 0.3) is 0 Å². The lowest BCUT2D eigenvalue weighted by atomic mass is 9.87. The lowest BCUT2D eigenvalue weighted by Crippen LogP contribution is -2.27. The van der Waals surface area contributed by atoms with Crippen LogP contribution in [0.1, 0.15) is 50.3 Å². The first-order valence-electron chi connectivity index (χ1n) is 8.74. The van der Waals surface area contributed by atoms with Crippen LogP contribution in [-0.4, -0.2) is 10.9 Å². The molecule has 2 N–H and O–H groups in total. The van der Waals surface area contributed by atoms with Crippen LogP contribution in [-0.2, 0) is 16.8 Å². The molecule has 0 bridgehead atoms. The summed E-state index contributed by atoms with van der Waals surface area (Å²) >= 11 is 0. The Morgan fingerprint density at radius 1 is 1.15 bits per heavy atom. The highest BCUT2D eigenvalue weighted by Gasteiger charge is 2.17. The van der Waals surface area contributed by atoms with Gasteiger partial charge in [0.2, 0.25) is 5.91 Å². The van der Waals surface area contributed by atoms with E-state index in [1.54, 1.807) is 12.1 Å². The molecule has 0 aliphatic rings. The number of rotatable bonds is 4. The normalized spacial score (nSPS) is 12.9. The molecule has 0 spiro atoms. The standard InChI is InChI=1S/C21H24N2O3/c1-13(15-7-10-17-18(11-15)26-20(25)23-17)19(24)22-12-14-5-8-16(9-6-14)21(2,3)4/h5-11,13H,12H2,1-4H3,(H,22,24)(H,23,25). The van der Waals surface area contributed by atoms with Crippen molar-refractivity contribution >= 4 is 17.0 Å². The molecule has 0 aliphatic carbocycles. The summed E-state index contributed by atoms with van der Waals surface area (Å²) in [5, 5.41) is 2.97. The van der Waals surface area contributed by atoms with E-state index in [-0.39, 0.29) is 17.2 Å². The molecule has 0 saturated carbocycles. The van der Waals surface area contributed by atoms with Crippen LogP contribution in [0.15, 0.2) is 51.7 Å². The highest BCUT2D eigenvalue weighted by Crippen LogP contribution is 2.23. The molecule has 1 atom stereocenters. The number of aromatic nitrogens is 1. The minimum Gasteiger partial charge on any atom is -0.408 e. The number of hydrogen-bond acceptors (Lipinski definition) is 3. The Balaban J connectivity index is 1.65. The van der Waals surface area contributed by atoms with Crippen molar-refractivity contribution in [3.8, 4) is 0 Å². The van der Waals surface area contributed by atoms with Crippen molar-refractivity contribution in [3.63, 3.8) is 0 Å². The molecule has 1 amide bonds. The van der Waals surface area contributed by atoms with E-state index >= 15 is 0 Å². The van der Waals surface area contributed by atoms with Gasteiger partial charge in [0.15, 0.2) is 5.58 Å². The van der Waals surface area contributed by atoms with E-state index in [0.717, 1.165) is 11.1 Å². The lowest BCUT2D eigenvalue weighted by molar-refractivity contribution is -0.122. The number of fused-ring (bicyclic) bond motifs is 1. The average molecular weight is 352 g/mol. The summed E-state index contributed by atoms with van der Waals surface area (Å²) in [6.45, 7) is 8.84. The van der Waals surface area contributed by atoms with Crippen molar-refractivity contribution in [2.75, 3.05) is 0 Å². The summed E-state index contributed by atoms with van der Waals surface area (Å²) in [5.41, 5.74) is 4.34. The monoisotopic (exact) mass is 352 g/mol. The van der Waals surface area contributed by atoms with E-state index < -0.39 is 5.76 Å². The van der Waals surface area contributed by atoms with Crippen LogP contribution in [0, 0.1) is 0 Å². The fourth-order valence-electron chi connectivity index (χ4n) is 2.85. The molecule has 3 aromatic rings. The molecule has 0 fully saturated rings. The van der Waals surface area contributed by atoms with E-state index in [0.29, 0.717) is 17.6 Å². The van der Waals surface area contributed by atoms with Crippen molar-refractivity contribution in [2.24, 2.45) is 0 Å². The van der Waals surface area contributed by atoms with Gasteiger partial charge in [-0.1, -0.05) is 51.1 Å². The molecule has 2 aromatic carbocycles. The summed E-state index contributed by atoms with van der Waals surface area (Å²) in [5.74, 6) is -0.900. The molecular formula is C21H24N2O3. The minimum atomic E-state index is -0.493. The zero-order chi connectivity index (χ0) is 18.9. The lowest BCUT2D eigenvalue weighted by Gasteiger charge is -2.19. The van der Waals surface area contributed by atoms with E-state index in [9.17, 15) is 9.59 Å². The number of amides is 1. The number of H-pyrrole nitrogens is 1. The second kappa shape index (κ2) is 6.83. The Kier molecular flexibility index (Phi) is 4.72. The molecule has 26 heavy (non-hydrogen) atoms. The molecule has 5 heteroatoms. The molecular weight excluding hydrogens is 328 g/mol. The van der Waals surface area contributed by atoms with Crippen LogP contribution in [0.5, 0.6) is 0 Å². The summed E-state index contributed by atoms with van der Waals surface area (Å²) < 4.78 is 5.06. The first kappa shape index (κ1) is 18.0. The first-order chi connectivity index (χ1) is 12.2. The first-order valence-corrected chi connectivity index (χ1v) is 8.74. The zero-order valence-corrected chi connectivity index (χ0v) is 15.6. The minimum absolute atomic E-state index is 0.0675. The number of aromatic amines is 1. The van der Waals surface area contributed by atoms with Gasteiger partial charge in [-0.25, -0.2) is 4.79 Å². The maximum atomic E-state index is 12.5. The molecule has 1 aromatic heterocycles. The van der Waals surface area contributed by atoms with Crippen molar-refractivity contribution in [3.05, 3.63) is 69.7 Å². The largest absolute Gasteiger partial charge is 0.417 e. The van der Waals surface area contributed by atoms with Gasteiger partial charge in [-0.2, -0.15) is 0 Å². The molecule has 1 heterocycles. The quantitative estimate of drug-likeness (QED) is 0.749. The van der Waals surface area contributed by atoms with Gasteiger partial charge in [-0.15, -0.1) is 0 Å². The van der Waals surface area contributed by atoms with Crippen LogP contribution in [0.3, 0.4) is 0 Å². The number of oxazole rings is 1. The Hall–Kier alpha value is -2.82. The molecule has 136 valence electrons. The third kappa shape index (κ3) is 3.87. The van der Waals surface area contributed by atoms with Crippen molar-refractivity contribution in [2.45, 2.75) is 45.6 Å². The maximum Gasteiger partial charge on any atom is 0.417 e. The Labute approximate surface area is 152 Å². The Morgan fingerprint density at radius 2 is 1.85 bits per heavy atom. The Morgan fingerprint density at radius 3 is 2.50 bits per heavy atom. The summed E-state index contributed by atoms with van der Waals surface area (Å²) in [6, 6.07) is 13.6. The van der Waals surface area contributed by atoms with Gasteiger partial charge in [0.1, 0.15) is 0 Å². The van der Waals surface area contributed by atoms with Crippen molar-refractivity contribution in [1.29, 1.82) is 0 Å². The van der Waals surface area contributed by atoms with E-state index in [4.69, 9.17) is 4.42 Å². The van der Waals surface area contributed by atoms with Crippen molar-refractivity contribution < 1.29 is 9.21 Å². The van der Waals surface area contributed by atoms with E-state index in [1.807, 2.05) is 25.1 Å². The smallest absolute Gasteiger partial charge is 0.408 e. The average Bonchev–Trinajstić information content (AvgIpc) is 2.97. The van der Waals surface area contributed by atoms with Crippen LogP contribution in [0.2, 0.25) is 0 Å². The summed E-state index contributed by atoms with van der Waals surface area (Å²) in [6.07, 6.45) is 0. The van der Waals surface area contributed by atoms with Gasteiger partial charge in [-0.05, 0) is 41.2 Å². The van der Waals surface area contributed by atoms with Crippen LogP contribution in [0.4, 0.5) is 0 Å². The van der Waals surface area contributed by atoms with Crippen LogP contribution >= 0.6 is 0 Å². The highest BCUT2D eigenvalue weighted by molar-refractivity contribution is 5.84. The predicted octanol–water partition coefficient (Wildman–Crippen LogP) is 3.84. The molecule has 3 rings (SSSR count). The van der Waals surface area contributed by atoms with Gasteiger partial charge >= 0.3 is 5.76 Å². The molecule has 5 nitrogen and oxygen atoms in total. The second-order valence-electron chi connectivity index (χ2n) is 7.66. The van der Waals surface area contributed by atoms with Gasteiger partial charge in [0, 0.05) is 6.54 Å². The van der Waals surface area contributed by atoms with E-state index in [2.05, 4.69) is 43.2 Å². The molecule has 0 radical (unpaired) electrons. The highest BCUT2D eigenvalue weighted by atomic mass is 16.4. The number of benzene rings is 2. The van der Waals surface area contributed by atoms with Crippen LogP contribution < -0.4 is 11.1 Å². The third-order valence-corrected chi connectivity index (χ3v) is 4.63. The SMILES string of the molecule is CC(C(=O)NCc1ccc(C(C)(C)C)cc1)c1ccc2[nH]c(=O)oc2c1. The van der Waals surface area contributed by atoms with Gasteiger partial charge < -0.3 is 9.73 Å². The van der Waals surface area contributed by atoms with Gasteiger partial charge in [-0.3, -0.25) is 9.78 Å². The fourth-order valence-corrected chi connectivity index (χ4v) is 2.85. The van der Waals surface area contributed by atoms with Crippen LogP contribution in [0.25, 0.3) is 11.1 Å². The second-order valence-corrected chi connectivity index (χ2v) is 7.66. The molecule has 1 unspecified atom stereocenters. The fraction of sp³-hybridized carbons (Fsp3) is 0.333. The third-order valence-electron chi connectivity index (χ3n) is 4.63. The number of carbonyl (C=O) groups excluding carboxylic acids is 1. The van der Waals surface area contributed by atoms with E-state index in [1.165, 1.54) is 5.56 Å². The topological polar surface area (TPSA) is 75.1 Å². The number of nitrogens with one attached hydrogen (secondary N) is 2. The van der Waals surface area contributed by atoms with Gasteiger partial charge in [0.05, 0.1) is 11.4 Å². The molecule has 0 aliphatic heterocycles. The Bertz CT molecular complexity index is 975. The zero-order valence-electron chi connectivity index (χ0n) is 15.6. The number of carbonyl (C=O) groups is 1. The maximum absolute atomic E-state index is 12.5. The summed E-state index contributed by atoms with van der Waals surface area (Å²) in [4.78, 5) is 26.3. The van der Waals surface area contributed by atoms with Crippen molar-refractivity contribution in [1.82, 2.24) is 10.3 Å².